The largest absolute Gasteiger partial charge is 0.493 e. The highest BCUT2D eigenvalue weighted by molar-refractivity contribution is 5.83. The van der Waals surface area contributed by atoms with Gasteiger partial charge < -0.3 is 20.9 Å². The summed E-state index contributed by atoms with van der Waals surface area (Å²) in [7, 11) is 1.53. The van der Waals surface area contributed by atoms with Gasteiger partial charge in [0, 0.05) is 0 Å². The fourth-order valence-corrected chi connectivity index (χ4v) is 2.82. The minimum Gasteiger partial charge on any atom is -0.493 e. The summed E-state index contributed by atoms with van der Waals surface area (Å²) in [5.74, 6) is 0.667. The van der Waals surface area contributed by atoms with E-state index in [2.05, 4.69) is 50.5 Å². The number of hydrazone groups is 1. The number of nitrogens with zero attached hydrogens (tertiary/aromatic N) is 8. The summed E-state index contributed by atoms with van der Waals surface area (Å²) in [6, 6.07) is 5.23. The molecule has 0 spiro atoms. The van der Waals surface area contributed by atoms with Gasteiger partial charge in [0.15, 0.2) is 40.3 Å². The molecule has 0 aliphatic rings. The zero-order valence-electron chi connectivity index (χ0n) is 18.0. The van der Waals surface area contributed by atoms with Crippen molar-refractivity contribution >= 4 is 23.8 Å². The van der Waals surface area contributed by atoms with Gasteiger partial charge in [-0.3, -0.25) is 4.79 Å². The molecule has 1 amide bonds. The molecular weight excluding hydrogens is 450 g/mol. The zero-order valence-corrected chi connectivity index (χ0v) is 18.0. The van der Waals surface area contributed by atoms with Crippen molar-refractivity contribution in [1.82, 2.24) is 40.8 Å². The molecular formula is C18H19N11O5. The Balaban J connectivity index is 1.51. The first-order chi connectivity index (χ1) is 16.5. The Morgan fingerprint density at radius 1 is 1.15 bits per heavy atom. The number of rotatable bonds is 9. The first-order valence-electron chi connectivity index (χ1n) is 9.74. The number of hydrogen-bond donors (Lipinski definition) is 3. The van der Waals surface area contributed by atoms with Gasteiger partial charge in [0.2, 0.25) is 5.82 Å². The lowest BCUT2D eigenvalue weighted by atomic mass is 10.2. The van der Waals surface area contributed by atoms with Gasteiger partial charge in [-0.2, -0.15) is 5.10 Å². The smallest absolute Gasteiger partial charge is 0.261 e. The molecule has 176 valence electrons. The van der Waals surface area contributed by atoms with Crippen LogP contribution in [-0.4, -0.2) is 61.2 Å². The maximum Gasteiger partial charge on any atom is 0.261 e. The molecule has 0 unspecified atom stereocenters. The second-order valence-corrected chi connectivity index (χ2v) is 6.55. The predicted molar refractivity (Wildman–Crippen MR) is 115 cm³/mol. The summed E-state index contributed by atoms with van der Waals surface area (Å²) >= 11 is 0. The Labute approximate surface area is 190 Å². The SMILES string of the molecule is CCOc1ccc(C=NNC(=O)Cn2nc(-c3nonc3N)nc2-c2nonc2N)cc1OC. The van der Waals surface area contributed by atoms with E-state index in [1.807, 2.05) is 6.92 Å². The summed E-state index contributed by atoms with van der Waals surface area (Å²) in [6.45, 7) is 2.07. The van der Waals surface area contributed by atoms with Crippen LogP contribution in [-0.2, 0) is 11.3 Å². The lowest BCUT2D eigenvalue weighted by molar-refractivity contribution is -0.121. The molecule has 0 saturated carbocycles. The van der Waals surface area contributed by atoms with Crippen molar-refractivity contribution in [3.8, 4) is 34.5 Å². The molecule has 16 heteroatoms. The van der Waals surface area contributed by atoms with E-state index in [9.17, 15) is 4.79 Å². The third-order valence-corrected chi connectivity index (χ3v) is 4.31. The summed E-state index contributed by atoms with van der Waals surface area (Å²) in [6.07, 6.45) is 1.45. The van der Waals surface area contributed by atoms with Gasteiger partial charge in [0.1, 0.15) is 6.54 Å². The normalized spacial score (nSPS) is 11.1. The number of carbonyl (C=O) groups is 1. The fourth-order valence-electron chi connectivity index (χ4n) is 2.82. The first-order valence-corrected chi connectivity index (χ1v) is 9.74. The molecule has 3 aromatic heterocycles. The van der Waals surface area contributed by atoms with Crippen LogP contribution in [0.2, 0.25) is 0 Å². The molecule has 0 saturated heterocycles. The van der Waals surface area contributed by atoms with Crippen molar-refractivity contribution in [3.63, 3.8) is 0 Å². The van der Waals surface area contributed by atoms with Gasteiger partial charge in [-0.05, 0) is 51.3 Å². The quantitative estimate of drug-likeness (QED) is 0.219. The molecule has 0 fully saturated rings. The third kappa shape index (κ3) is 4.59. The molecule has 34 heavy (non-hydrogen) atoms. The highest BCUT2D eigenvalue weighted by atomic mass is 16.6. The standard InChI is InChI=1S/C18H19N11O5/c1-3-32-10-5-4-9(6-11(10)31-2)7-21-23-12(30)8-29-18(14-16(20)28-34-26-14)22-17(24-29)13-15(19)27-33-25-13/h4-7H,3,8H2,1-2H3,(H2,19,27)(H2,20,28)(H,23,30). The molecule has 3 heterocycles. The maximum absolute atomic E-state index is 12.5. The van der Waals surface area contributed by atoms with Crippen molar-refractivity contribution in [2.24, 2.45) is 5.10 Å². The Bertz CT molecular complexity index is 1330. The van der Waals surface area contributed by atoms with Gasteiger partial charge in [-0.1, -0.05) is 0 Å². The number of ether oxygens (including phenoxy) is 2. The minimum atomic E-state index is -0.520. The number of hydrogen-bond acceptors (Lipinski definition) is 14. The number of benzene rings is 1. The van der Waals surface area contributed by atoms with Gasteiger partial charge >= 0.3 is 0 Å². The molecule has 0 aliphatic carbocycles. The van der Waals surface area contributed by atoms with E-state index >= 15 is 0 Å². The predicted octanol–water partition coefficient (Wildman–Crippen LogP) is 0.100. The van der Waals surface area contributed by atoms with Crippen LogP contribution >= 0.6 is 0 Å². The van der Waals surface area contributed by atoms with Crippen LogP contribution in [0.15, 0.2) is 32.6 Å². The molecule has 4 rings (SSSR count). The Morgan fingerprint density at radius 3 is 2.53 bits per heavy atom. The molecule has 0 atom stereocenters. The zero-order chi connectivity index (χ0) is 24.1. The molecule has 0 aliphatic heterocycles. The molecule has 1 aromatic carbocycles. The number of nitrogens with two attached hydrogens (primary N) is 2. The van der Waals surface area contributed by atoms with E-state index < -0.39 is 5.91 Å². The maximum atomic E-state index is 12.5. The Hall–Kier alpha value is -5.02. The number of nitrogens with one attached hydrogen (secondary N) is 1. The average Bonchev–Trinajstić information content (AvgIpc) is 3.54. The van der Waals surface area contributed by atoms with Crippen LogP contribution in [0.3, 0.4) is 0 Å². The number of methoxy groups -OCH3 is 1. The Morgan fingerprint density at radius 2 is 1.88 bits per heavy atom. The third-order valence-electron chi connectivity index (χ3n) is 4.31. The van der Waals surface area contributed by atoms with E-state index in [4.69, 9.17) is 20.9 Å². The van der Waals surface area contributed by atoms with Gasteiger partial charge in [-0.15, -0.1) is 5.10 Å². The van der Waals surface area contributed by atoms with Crippen LogP contribution in [0.1, 0.15) is 12.5 Å². The van der Waals surface area contributed by atoms with Crippen LogP contribution in [0.4, 0.5) is 11.6 Å². The lowest BCUT2D eigenvalue weighted by Gasteiger charge is -2.09. The molecule has 0 radical (unpaired) electrons. The van der Waals surface area contributed by atoms with E-state index in [1.54, 1.807) is 18.2 Å². The average molecular weight is 469 g/mol. The van der Waals surface area contributed by atoms with Crippen molar-refractivity contribution in [2.45, 2.75) is 13.5 Å². The van der Waals surface area contributed by atoms with Crippen molar-refractivity contribution < 1.29 is 23.5 Å². The number of aromatic nitrogens is 7. The van der Waals surface area contributed by atoms with Gasteiger partial charge in [0.25, 0.3) is 5.91 Å². The van der Waals surface area contributed by atoms with Crippen molar-refractivity contribution in [3.05, 3.63) is 23.8 Å². The lowest BCUT2D eigenvalue weighted by Crippen LogP contribution is -2.24. The number of amides is 1. The molecule has 0 bridgehead atoms. The van der Waals surface area contributed by atoms with E-state index in [0.29, 0.717) is 23.7 Å². The van der Waals surface area contributed by atoms with Crippen molar-refractivity contribution in [1.29, 1.82) is 0 Å². The van der Waals surface area contributed by atoms with Gasteiger partial charge in [0.05, 0.1) is 19.9 Å². The van der Waals surface area contributed by atoms with Crippen LogP contribution in [0, 0.1) is 0 Å². The molecule has 4 aromatic rings. The first kappa shape index (κ1) is 22.2. The summed E-state index contributed by atoms with van der Waals surface area (Å²) in [5.41, 5.74) is 14.7. The minimum absolute atomic E-state index is 0.0326. The molecule has 16 nitrogen and oxygen atoms in total. The van der Waals surface area contributed by atoms with E-state index in [0.717, 1.165) is 0 Å². The van der Waals surface area contributed by atoms with Gasteiger partial charge in [-0.25, -0.2) is 24.3 Å². The second-order valence-electron chi connectivity index (χ2n) is 6.55. The van der Waals surface area contributed by atoms with E-state index in [1.165, 1.54) is 18.0 Å². The Kier molecular flexibility index (Phi) is 6.29. The molecule has 5 N–H and O–H groups in total. The summed E-state index contributed by atoms with van der Waals surface area (Å²) in [5, 5.41) is 22.5. The van der Waals surface area contributed by atoms with E-state index in [-0.39, 0.29) is 41.2 Å². The summed E-state index contributed by atoms with van der Waals surface area (Å²) < 4.78 is 21.2. The number of nitrogen functional groups attached to an aromatic ring is 2. The number of carbonyl (C=O) groups excluding carboxylic acids is 1. The highest BCUT2D eigenvalue weighted by Crippen LogP contribution is 2.27. The fraction of sp³-hybridized carbons (Fsp3) is 0.222. The highest BCUT2D eigenvalue weighted by Gasteiger charge is 2.24. The van der Waals surface area contributed by atoms with Crippen LogP contribution in [0.25, 0.3) is 23.0 Å². The van der Waals surface area contributed by atoms with Crippen LogP contribution in [0.5, 0.6) is 11.5 Å². The van der Waals surface area contributed by atoms with Crippen molar-refractivity contribution in [2.75, 3.05) is 25.2 Å². The second kappa shape index (κ2) is 9.63. The number of anilines is 2. The topological polar surface area (TPSA) is 221 Å². The summed E-state index contributed by atoms with van der Waals surface area (Å²) in [4.78, 5) is 16.8. The van der Waals surface area contributed by atoms with Crippen LogP contribution < -0.4 is 26.4 Å². The monoisotopic (exact) mass is 469 g/mol.